The van der Waals surface area contributed by atoms with Gasteiger partial charge in [-0.2, -0.15) is 5.10 Å². The van der Waals surface area contributed by atoms with Gasteiger partial charge >= 0.3 is 5.69 Å². The Kier molecular flexibility index (Phi) is 5.12. The van der Waals surface area contributed by atoms with Crippen LogP contribution in [0.25, 0.3) is 10.6 Å². The van der Waals surface area contributed by atoms with Gasteiger partial charge in [0.15, 0.2) is 0 Å². The molecule has 2 aliphatic heterocycles. The molecule has 1 saturated heterocycles. The minimum atomic E-state index is -0.232. The van der Waals surface area contributed by atoms with Gasteiger partial charge in [-0.25, -0.2) is 9.78 Å². The lowest BCUT2D eigenvalue weighted by molar-refractivity contribution is -0.101. The second-order valence-corrected chi connectivity index (χ2v) is 8.13. The van der Waals surface area contributed by atoms with Crippen molar-refractivity contribution in [2.24, 2.45) is 7.05 Å². The quantitative estimate of drug-likeness (QED) is 0.592. The number of aryl methyl sites for hydroxylation is 1. The molecule has 0 bridgehead atoms. The molecule has 3 aromatic heterocycles. The monoisotopic (exact) mass is 424 g/mol. The lowest BCUT2D eigenvalue weighted by atomic mass is 10.1. The van der Waals surface area contributed by atoms with E-state index in [-0.39, 0.29) is 11.8 Å². The summed E-state index contributed by atoms with van der Waals surface area (Å²) in [5, 5.41) is 4.16. The maximum absolute atomic E-state index is 12.2. The van der Waals surface area contributed by atoms with Crippen LogP contribution in [-0.4, -0.2) is 51.9 Å². The van der Waals surface area contributed by atoms with Crippen LogP contribution in [0.5, 0.6) is 5.75 Å². The van der Waals surface area contributed by atoms with Crippen molar-refractivity contribution in [3.05, 3.63) is 51.1 Å². The molecule has 30 heavy (non-hydrogen) atoms. The predicted octanol–water partition coefficient (Wildman–Crippen LogP) is 1.46. The van der Waals surface area contributed by atoms with Gasteiger partial charge in [0, 0.05) is 31.5 Å². The SMILES string of the molecule is Cn1cc(C#Cc2sc3c(c2OCC2COCCO2)CCn2c-3ccnc2=O)cn1. The zero-order valence-corrected chi connectivity index (χ0v) is 17.3. The first kappa shape index (κ1) is 19.1. The third-order valence-electron chi connectivity index (χ3n) is 5.04. The molecule has 0 saturated carbocycles. The van der Waals surface area contributed by atoms with Gasteiger partial charge in [0.1, 0.15) is 23.3 Å². The summed E-state index contributed by atoms with van der Waals surface area (Å²) in [5.74, 6) is 7.19. The highest BCUT2D eigenvalue weighted by Crippen LogP contribution is 2.43. The maximum atomic E-state index is 12.2. The van der Waals surface area contributed by atoms with Crippen LogP contribution in [-0.2, 0) is 29.5 Å². The molecule has 0 amide bonds. The zero-order chi connectivity index (χ0) is 20.5. The minimum absolute atomic E-state index is 0.101. The largest absolute Gasteiger partial charge is 0.488 e. The number of thiophene rings is 1. The van der Waals surface area contributed by atoms with E-state index in [0.717, 1.165) is 32.3 Å². The second-order valence-electron chi connectivity index (χ2n) is 7.11. The number of rotatable bonds is 3. The minimum Gasteiger partial charge on any atom is -0.488 e. The molecule has 0 N–H and O–H groups in total. The lowest BCUT2D eigenvalue weighted by Gasteiger charge is -2.24. The fourth-order valence-corrected chi connectivity index (χ4v) is 4.80. The Morgan fingerprint density at radius 3 is 3.10 bits per heavy atom. The molecule has 5 rings (SSSR count). The summed E-state index contributed by atoms with van der Waals surface area (Å²) in [4.78, 5) is 17.9. The van der Waals surface area contributed by atoms with Crippen LogP contribution in [0.4, 0.5) is 0 Å². The van der Waals surface area contributed by atoms with E-state index in [1.165, 1.54) is 0 Å². The van der Waals surface area contributed by atoms with Crippen molar-refractivity contribution in [3.63, 3.8) is 0 Å². The standard InChI is InChI=1S/C21H20N4O4S/c1-24-11-14(10-23-24)2-3-18-19(29-13-15-12-27-8-9-28-15)16-5-7-25-17(20(16)30-18)4-6-22-21(25)26/h4,6,10-11,15H,5,7-9,12-13H2,1H3. The van der Waals surface area contributed by atoms with Gasteiger partial charge in [-0.1, -0.05) is 5.92 Å². The Balaban J connectivity index is 1.53. The highest BCUT2D eigenvalue weighted by atomic mass is 32.1. The van der Waals surface area contributed by atoms with Crippen molar-refractivity contribution in [3.8, 4) is 28.2 Å². The van der Waals surface area contributed by atoms with Gasteiger partial charge < -0.3 is 14.2 Å². The molecule has 9 heteroatoms. The molecular formula is C21H20N4O4S. The van der Waals surface area contributed by atoms with Crippen molar-refractivity contribution in [2.45, 2.75) is 19.1 Å². The fourth-order valence-electron chi connectivity index (χ4n) is 3.62. The average molecular weight is 424 g/mol. The van der Waals surface area contributed by atoms with Gasteiger partial charge in [0.2, 0.25) is 0 Å². The first-order valence-electron chi connectivity index (χ1n) is 9.74. The van der Waals surface area contributed by atoms with Gasteiger partial charge in [-0.05, 0) is 18.4 Å². The molecule has 1 unspecified atom stereocenters. The average Bonchev–Trinajstić information content (AvgIpc) is 3.34. The molecule has 0 spiro atoms. The van der Waals surface area contributed by atoms with E-state index in [1.54, 1.807) is 33.0 Å². The van der Waals surface area contributed by atoms with Crippen molar-refractivity contribution < 1.29 is 14.2 Å². The second kappa shape index (κ2) is 8.07. The van der Waals surface area contributed by atoms with Crippen LogP contribution in [0, 0.1) is 11.8 Å². The first-order chi connectivity index (χ1) is 14.7. The molecule has 5 heterocycles. The normalized spacial score (nSPS) is 17.6. The van der Waals surface area contributed by atoms with Crippen molar-refractivity contribution >= 4 is 11.3 Å². The van der Waals surface area contributed by atoms with E-state index in [4.69, 9.17) is 14.2 Å². The Morgan fingerprint density at radius 1 is 1.37 bits per heavy atom. The van der Waals surface area contributed by atoms with Crippen molar-refractivity contribution in [2.75, 3.05) is 26.4 Å². The Morgan fingerprint density at radius 2 is 2.30 bits per heavy atom. The van der Waals surface area contributed by atoms with Crippen LogP contribution in [0.2, 0.25) is 0 Å². The summed E-state index contributed by atoms with van der Waals surface area (Å²) in [6, 6.07) is 1.87. The fraction of sp³-hybridized carbons (Fsp3) is 0.381. The van der Waals surface area contributed by atoms with Crippen LogP contribution in [0.1, 0.15) is 16.0 Å². The summed E-state index contributed by atoms with van der Waals surface area (Å²) in [6.45, 7) is 2.68. The Labute approximate surface area is 177 Å². The van der Waals surface area contributed by atoms with Crippen LogP contribution < -0.4 is 10.4 Å². The number of ether oxygens (including phenoxy) is 3. The number of hydrogen-bond acceptors (Lipinski definition) is 7. The summed E-state index contributed by atoms with van der Waals surface area (Å²) < 4.78 is 20.9. The van der Waals surface area contributed by atoms with E-state index in [1.807, 2.05) is 19.3 Å². The molecule has 8 nitrogen and oxygen atoms in total. The van der Waals surface area contributed by atoms with E-state index in [0.29, 0.717) is 39.4 Å². The molecule has 2 aliphatic rings. The van der Waals surface area contributed by atoms with Gasteiger partial charge in [0.05, 0.1) is 42.2 Å². The summed E-state index contributed by atoms with van der Waals surface area (Å²) >= 11 is 1.54. The van der Waals surface area contributed by atoms with Crippen molar-refractivity contribution in [1.82, 2.24) is 19.3 Å². The van der Waals surface area contributed by atoms with Gasteiger partial charge in [-0.3, -0.25) is 9.25 Å². The Bertz CT molecular complexity index is 1190. The predicted molar refractivity (Wildman–Crippen MR) is 111 cm³/mol. The lowest BCUT2D eigenvalue weighted by Crippen LogP contribution is -2.33. The number of hydrogen-bond donors (Lipinski definition) is 0. The number of fused-ring (bicyclic) bond motifs is 3. The van der Waals surface area contributed by atoms with E-state index >= 15 is 0 Å². The van der Waals surface area contributed by atoms with Crippen LogP contribution >= 0.6 is 11.3 Å². The zero-order valence-electron chi connectivity index (χ0n) is 16.5. The summed E-state index contributed by atoms with van der Waals surface area (Å²) in [6.07, 6.45) is 5.74. The molecule has 154 valence electrons. The third kappa shape index (κ3) is 3.65. The molecule has 1 fully saturated rings. The van der Waals surface area contributed by atoms with Crippen LogP contribution in [0.3, 0.4) is 0 Å². The van der Waals surface area contributed by atoms with Crippen molar-refractivity contribution in [1.29, 1.82) is 0 Å². The Hall–Kier alpha value is -2.93. The van der Waals surface area contributed by atoms with E-state index in [2.05, 4.69) is 21.9 Å². The van der Waals surface area contributed by atoms with Crippen LogP contribution in [0.15, 0.2) is 29.5 Å². The van der Waals surface area contributed by atoms with E-state index < -0.39 is 0 Å². The summed E-state index contributed by atoms with van der Waals surface area (Å²) in [5.41, 5.74) is 2.54. The topological polar surface area (TPSA) is 80.4 Å². The molecule has 1 atom stereocenters. The van der Waals surface area contributed by atoms with Gasteiger partial charge in [0.25, 0.3) is 0 Å². The number of nitrogens with zero attached hydrogens (tertiary/aromatic N) is 4. The third-order valence-corrected chi connectivity index (χ3v) is 6.19. The molecule has 0 aliphatic carbocycles. The maximum Gasteiger partial charge on any atom is 0.348 e. The highest BCUT2D eigenvalue weighted by molar-refractivity contribution is 7.16. The summed E-state index contributed by atoms with van der Waals surface area (Å²) in [7, 11) is 1.86. The smallest absolute Gasteiger partial charge is 0.348 e. The molecule has 0 aromatic carbocycles. The first-order valence-corrected chi connectivity index (χ1v) is 10.6. The van der Waals surface area contributed by atoms with E-state index in [9.17, 15) is 4.79 Å². The number of aromatic nitrogens is 4. The molecule has 3 aromatic rings. The molecular weight excluding hydrogens is 404 g/mol. The highest BCUT2D eigenvalue weighted by Gasteiger charge is 2.27. The van der Waals surface area contributed by atoms with Gasteiger partial charge in [-0.15, -0.1) is 11.3 Å². The molecule has 0 radical (unpaired) electrons.